The molecule has 0 aromatic heterocycles. The maximum Gasteiger partial charge on any atom is 0.243 e. The Balaban J connectivity index is 1.61. The zero-order valence-electron chi connectivity index (χ0n) is 17.7. The van der Waals surface area contributed by atoms with Gasteiger partial charge < -0.3 is 15.0 Å². The number of carbonyl (C=O) groups is 1. The lowest BCUT2D eigenvalue weighted by molar-refractivity contribution is -0.126. The molecule has 1 atom stereocenters. The minimum atomic E-state index is -3.64. The summed E-state index contributed by atoms with van der Waals surface area (Å²) < 4.78 is 32.4. The average molecular weight is 432 g/mol. The Morgan fingerprint density at radius 2 is 1.80 bits per heavy atom. The number of hydrogen-bond acceptors (Lipinski definition) is 5. The number of rotatable bonds is 7. The number of carbonyl (C=O) groups excluding carboxylic acids is 1. The van der Waals surface area contributed by atoms with Gasteiger partial charge in [-0.25, -0.2) is 8.42 Å². The van der Waals surface area contributed by atoms with Crippen molar-refractivity contribution in [3.63, 3.8) is 0 Å². The van der Waals surface area contributed by atoms with Crippen molar-refractivity contribution in [1.82, 2.24) is 9.62 Å². The molecule has 0 aliphatic carbocycles. The summed E-state index contributed by atoms with van der Waals surface area (Å²) >= 11 is 0. The number of amides is 1. The number of anilines is 1. The summed E-state index contributed by atoms with van der Waals surface area (Å²) in [5.74, 6) is 0.137. The predicted molar refractivity (Wildman–Crippen MR) is 117 cm³/mol. The molecule has 1 saturated heterocycles. The molecular formula is C22H29N3O4S. The van der Waals surface area contributed by atoms with Crippen molar-refractivity contribution in [2.45, 2.75) is 24.3 Å². The third-order valence-corrected chi connectivity index (χ3v) is 7.25. The number of sulfonamides is 1. The van der Waals surface area contributed by atoms with Crippen LogP contribution in [0.4, 0.5) is 5.69 Å². The molecule has 1 fully saturated rings. The first-order valence-electron chi connectivity index (χ1n) is 9.99. The van der Waals surface area contributed by atoms with Crippen molar-refractivity contribution in [2.24, 2.45) is 5.92 Å². The van der Waals surface area contributed by atoms with E-state index in [0.29, 0.717) is 31.7 Å². The van der Waals surface area contributed by atoms with E-state index >= 15 is 0 Å². The average Bonchev–Trinajstić information content (AvgIpc) is 2.77. The van der Waals surface area contributed by atoms with Gasteiger partial charge in [-0.15, -0.1) is 0 Å². The molecule has 2 aromatic carbocycles. The fraction of sp³-hybridized carbons (Fsp3) is 0.409. The van der Waals surface area contributed by atoms with Gasteiger partial charge >= 0.3 is 0 Å². The van der Waals surface area contributed by atoms with Gasteiger partial charge in [-0.1, -0.05) is 12.1 Å². The van der Waals surface area contributed by atoms with Gasteiger partial charge in [-0.2, -0.15) is 4.31 Å². The number of piperidine rings is 1. The predicted octanol–water partition coefficient (Wildman–Crippen LogP) is 2.48. The highest BCUT2D eigenvalue weighted by Gasteiger charge is 2.33. The largest absolute Gasteiger partial charge is 0.497 e. The third-order valence-electron chi connectivity index (χ3n) is 5.37. The Morgan fingerprint density at radius 3 is 2.40 bits per heavy atom. The maximum atomic E-state index is 13.0. The van der Waals surface area contributed by atoms with Crippen LogP contribution in [0.1, 0.15) is 18.4 Å². The molecule has 8 heteroatoms. The van der Waals surface area contributed by atoms with Crippen LogP contribution < -0.4 is 15.0 Å². The van der Waals surface area contributed by atoms with Gasteiger partial charge in [-0.05, 0) is 54.8 Å². The standard InChI is InChI=1S/C22H29N3O4S/c1-24(2)19-8-6-17(7-9-19)15-23-22(26)18-5-4-14-25(16-18)30(27,28)21-12-10-20(29-3)11-13-21/h6-13,18H,4-5,14-16H2,1-3H3,(H,23,26). The first kappa shape index (κ1) is 22.1. The van der Waals surface area contributed by atoms with Crippen LogP contribution in [0.15, 0.2) is 53.4 Å². The Morgan fingerprint density at radius 1 is 1.13 bits per heavy atom. The van der Waals surface area contributed by atoms with Crippen LogP contribution in [0, 0.1) is 5.92 Å². The number of nitrogens with one attached hydrogen (secondary N) is 1. The van der Waals surface area contributed by atoms with Gasteiger partial charge in [0.15, 0.2) is 0 Å². The van der Waals surface area contributed by atoms with Gasteiger partial charge in [0.2, 0.25) is 15.9 Å². The molecule has 7 nitrogen and oxygen atoms in total. The fourth-order valence-corrected chi connectivity index (χ4v) is 5.04. The van der Waals surface area contributed by atoms with Crippen LogP contribution in [0.3, 0.4) is 0 Å². The van der Waals surface area contributed by atoms with Crippen LogP contribution >= 0.6 is 0 Å². The number of benzene rings is 2. The van der Waals surface area contributed by atoms with E-state index in [1.165, 1.54) is 23.5 Å². The normalized spacial score (nSPS) is 17.4. The van der Waals surface area contributed by atoms with Gasteiger partial charge in [0.05, 0.1) is 17.9 Å². The smallest absolute Gasteiger partial charge is 0.243 e. The molecule has 1 N–H and O–H groups in total. The van der Waals surface area contributed by atoms with E-state index in [2.05, 4.69) is 5.32 Å². The first-order valence-corrected chi connectivity index (χ1v) is 11.4. The summed E-state index contributed by atoms with van der Waals surface area (Å²) in [7, 11) is 1.85. The molecule has 3 rings (SSSR count). The van der Waals surface area contributed by atoms with E-state index in [0.717, 1.165) is 11.3 Å². The summed E-state index contributed by atoms with van der Waals surface area (Å²) in [6.07, 6.45) is 1.34. The number of hydrogen-bond donors (Lipinski definition) is 1. The second-order valence-electron chi connectivity index (χ2n) is 7.66. The molecule has 1 heterocycles. The molecule has 1 amide bonds. The van der Waals surface area contributed by atoms with Crippen molar-refractivity contribution in [1.29, 1.82) is 0 Å². The van der Waals surface area contributed by atoms with Crippen LogP contribution in [0.2, 0.25) is 0 Å². The Kier molecular flexibility index (Phi) is 6.99. The summed E-state index contributed by atoms with van der Waals surface area (Å²) in [6, 6.07) is 14.3. The summed E-state index contributed by atoms with van der Waals surface area (Å²) in [6.45, 7) is 1.04. The van der Waals surface area contributed by atoms with E-state index in [1.54, 1.807) is 12.1 Å². The van der Waals surface area contributed by atoms with Crippen molar-refractivity contribution < 1.29 is 17.9 Å². The van der Waals surface area contributed by atoms with Gasteiger partial charge in [0, 0.05) is 39.4 Å². The van der Waals surface area contributed by atoms with E-state index < -0.39 is 10.0 Å². The van der Waals surface area contributed by atoms with Crippen molar-refractivity contribution >= 4 is 21.6 Å². The Bertz CT molecular complexity index is 957. The lowest BCUT2D eigenvalue weighted by atomic mass is 9.99. The minimum absolute atomic E-state index is 0.110. The second-order valence-corrected chi connectivity index (χ2v) is 9.59. The summed E-state index contributed by atoms with van der Waals surface area (Å²) in [5.41, 5.74) is 2.10. The fourth-order valence-electron chi connectivity index (χ4n) is 3.52. The molecule has 1 aliphatic rings. The number of nitrogens with zero attached hydrogens (tertiary/aromatic N) is 2. The van der Waals surface area contributed by atoms with E-state index in [4.69, 9.17) is 4.74 Å². The van der Waals surface area contributed by atoms with Crippen LogP contribution in [0.25, 0.3) is 0 Å². The monoisotopic (exact) mass is 431 g/mol. The minimum Gasteiger partial charge on any atom is -0.497 e. The van der Waals surface area contributed by atoms with Gasteiger partial charge in [0.25, 0.3) is 0 Å². The van der Waals surface area contributed by atoms with E-state index in [9.17, 15) is 13.2 Å². The van der Waals surface area contributed by atoms with Crippen molar-refractivity contribution in [3.05, 3.63) is 54.1 Å². The highest BCUT2D eigenvalue weighted by Crippen LogP contribution is 2.25. The number of ether oxygens (including phenoxy) is 1. The summed E-state index contributed by atoms with van der Waals surface area (Å²) in [4.78, 5) is 14.9. The highest BCUT2D eigenvalue weighted by atomic mass is 32.2. The molecule has 0 saturated carbocycles. The van der Waals surface area contributed by atoms with Crippen molar-refractivity contribution in [3.8, 4) is 5.75 Å². The summed E-state index contributed by atoms with van der Waals surface area (Å²) in [5, 5.41) is 2.95. The SMILES string of the molecule is COc1ccc(S(=O)(=O)N2CCCC(C(=O)NCc3ccc(N(C)C)cc3)C2)cc1. The van der Waals surface area contributed by atoms with Crippen LogP contribution in [-0.4, -0.2) is 52.9 Å². The zero-order chi connectivity index (χ0) is 21.7. The van der Waals surface area contributed by atoms with E-state index in [-0.39, 0.29) is 23.3 Å². The maximum absolute atomic E-state index is 13.0. The van der Waals surface area contributed by atoms with E-state index in [1.807, 2.05) is 43.3 Å². The zero-order valence-corrected chi connectivity index (χ0v) is 18.5. The lowest BCUT2D eigenvalue weighted by Gasteiger charge is -2.31. The Hall–Kier alpha value is -2.58. The number of methoxy groups -OCH3 is 1. The highest BCUT2D eigenvalue weighted by molar-refractivity contribution is 7.89. The molecule has 1 aliphatic heterocycles. The van der Waals surface area contributed by atoms with Gasteiger partial charge in [0.1, 0.15) is 5.75 Å². The van der Waals surface area contributed by atoms with Crippen LogP contribution in [-0.2, 0) is 21.4 Å². The van der Waals surface area contributed by atoms with Gasteiger partial charge in [-0.3, -0.25) is 4.79 Å². The molecule has 0 bridgehead atoms. The molecule has 0 radical (unpaired) electrons. The first-order chi connectivity index (χ1) is 14.3. The molecular weight excluding hydrogens is 402 g/mol. The Labute approximate surface area is 178 Å². The molecule has 2 aromatic rings. The van der Waals surface area contributed by atoms with Crippen LogP contribution in [0.5, 0.6) is 5.75 Å². The lowest BCUT2D eigenvalue weighted by Crippen LogP contribution is -2.45. The quantitative estimate of drug-likeness (QED) is 0.729. The van der Waals surface area contributed by atoms with Crippen molar-refractivity contribution in [2.75, 3.05) is 39.2 Å². The molecule has 0 spiro atoms. The molecule has 1 unspecified atom stereocenters. The topological polar surface area (TPSA) is 79.0 Å². The molecule has 30 heavy (non-hydrogen) atoms. The molecule has 162 valence electrons. The third kappa shape index (κ3) is 5.12. The second kappa shape index (κ2) is 9.49.